The van der Waals surface area contributed by atoms with Crippen molar-refractivity contribution in [1.29, 1.82) is 0 Å². The van der Waals surface area contributed by atoms with E-state index in [9.17, 15) is 22.9 Å². The van der Waals surface area contributed by atoms with Gasteiger partial charge in [0, 0.05) is 22.0 Å². The third-order valence-electron chi connectivity index (χ3n) is 8.83. The summed E-state index contributed by atoms with van der Waals surface area (Å²) in [5.41, 5.74) is 6.48. The Bertz CT molecular complexity index is 1670. The Morgan fingerprint density at radius 1 is 0.979 bits per heavy atom. The van der Waals surface area contributed by atoms with Gasteiger partial charge in [0.2, 0.25) is 0 Å². The fourth-order valence-electron chi connectivity index (χ4n) is 4.55. The Morgan fingerprint density at radius 3 is 2.10 bits per heavy atom. The summed E-state index contributed by atoms with van der Waals surface area (Å²) in [7, 11) is -4.66. The van der Waals surface area contributed by atoms with E-state index in [4.69, 9.17) is 15.2 Å². The molecule has 2 rings (SSSR count). The molecule has 9 heteroatoms. The largest absolute Gasteiger partial charge is 0.489 e. The van der Waals surface area contributed by atoms with E-state index in [0.717, 1.165) is 6.42 Å². The first-order valence-electron chi connectivity index (χ1n) is 16.0. The number of carbonyl (C=O) groups excluding carboxylic acids is 1. The lowest BCUT2D eigenvalue weighted by Gasteiger charge is -2.39. The molecule has 0 radical (unpaired) electrons. The second kappa shape index (κ2) is 16.0. The first-order chi connectivity index (χ1) is 22.2. The van der Waals surface area contributed by atoms with Crippen molar-refractivity contribution in [3.8, 4) is 5.75 Å². The van der Waals surface area contributed by atoms with Crippen LogP contribution in [0.5, 0.6) is 5.75 Å². The summed E-state index contributed by atoms with van der Waals surface area (Å²) in [6, 6.07) is 6.56. The van der Waals surface area contributed by atoms with Gasteiger partial charge in [-0.1, -0.05) is 78.0 Å². The van der Waals surface area contributed by atoms with E-state index < -0.39 is 25.9 Å². The van der Waals surface area contributed by atoms with E-state index in [2.05, 4.69) is 20.8 Å². The molecule has 0 bridgehead atoms. The average molecular weight is 680 g/mol. The van der Waals surface area contributed by atoms with Crippen molar-refractivity contribution in [2.75, 3.05) is 6.61 Å². The number of aliphatic hydroxyl groups excluding tert-OH is 1. The molecular formula is C39H53NO7S. The van der Waals surface area contributed by atoms with Crippen molar-refractivity contribution in [1.82, 2.24) is 0 Å². The molecule has 262 valence electrons. The molecule has 0 heterocycles. The van der Waals surface area contributed by atoms with Gasteiger partial charge in [-0.25, -0.2) is 0 Å². The molecule has 1 aromatic rings. The van der Waals surface area contributed by atoms with Gasteiger partial charge in [-0.15, -0.1) is 0 Å². The number of ketones is 1. The number of ether oxygens (including phenoxy) is 2. The van der Waals surface area contributed by atoms with E-state index in [1.807, 2.05) is 47.6 Å². The molecule has 1 aliphatic rings. The predicted molar refractivity (Wildman–Crippen MR) is 195 cm³/mol. The van der Waals surface area contributed by atoms with E-state index in [1.54, 1.807) is 66.8 Å². The van der Waals surface area contributed by atoms with Crippen LogP contribution in [0, 0.1) is 10.8 Å². The van der Waals surface area contributed by atoms with Crippen molar-refractivity contribution in [3.05, 3.63) is 125 Å². The quantitative estimate of drug-likeness (QED) is 0.0587. The highest BCUT2D eigenvalue weighted by Crippen LogP contribution is 2.41. The maximum Gasteiger partial charge on any atom is 0.277 e. The van der Waals surface area contributed by atoms with Gasteiger partial charge in [0.05, 0.1) is 0 Å². The zero-order valence-corrected chi connectivity index (χ0v) is 30.8. The summed E-state index contributed by atoms with van der Waals surface area (Å²) in [6.07, 6.45) is 19.0. The summed E-state index contributed by atoms with van der Waals surface area (Å²) >= 11 is 0. The summed E-state index contributed by atoms with van der Waals surface area (Å²) in [5, 5.41) is 10.1. The van der Waals surface area contributed by atoms with Crippen LogP contribution in [0.15, 0.2) is 119 Å². The number of Topliss-reactive ketones (excluding diaryl/α,β-unsaturated/α-hetero) is 1. The normalized spacial score (nSPS) is 19.0. The maximum absolute atomic E-state index is 12.9. The number of nitrogens with two attached hydrogens (primary N) is 1. The number of aliphatic hydroxyl groups is 1. The molecule has 0 saturated carbocycles. The molecule has 4 N–H and O–H groups in total. The van der Waals surface area contributed by atoms with Crippen LogP contribution < -0.4 is 10.5 Å². The Labute approximate surface area is 287 Å². The average Bonchev–Trinajstić information content (AvgIpc) is 3.17. The lowest BCUT2D eigenvalue weighted by molar-refractivity contribution is -0.0612. The number of benzene rings is 1. The van der Waals surface area contributed by atoms with Crippen LogP contribution in [-0.4, -0.2) is 40.8 Å². The highest BCUT2D eigenvalue weighted by Gasteiger charge is 2.39. The van der Waals surface area contributed by atoms with Gasteiger partial charge >= 0.3 is 0 Å². The highest BCUT2D eigenvalue weighted by atomic mass is 32.2. The van der Waals surface area contributed by atoms with Crippen molar-refractivity contribution in [2.24, 2.45) is 16.6 Å². The number of hydrogen-bond donors (Lipinski definition) is 3. The minimum Gasteiger partial charge on any atom is -0.489 e. The second-order valence-electron chi connectivity index (χ2n) is 13.9. The van der Waals surface area contributed by atoms with Gasteiger partial charge < -0.3 is 20.3 Å². The van der Waals surface area contributed by atoms with Crippen molar-refractivity contribution < 1.29 is 32.3 Å². The summed E-state index contributed by atoms with van der Waals surface area (Å²) in [6.45, 7) is 18.7. The number of allylic oxidation sites excluding steroid dienone is 11. The second-order valence-corrected chi connectivity index (χ2v) is 15.7. The molecule has 0 fully saturated rings. The SMILES string of the molecule is C/C=C(\C=C/CC)C(=O)c1ccc(OC2=CC(C)(S(=O)(=O)O)C=C(C(C)(C)C(/C=C/N)=C/C=C(\CO)OC(C)(C)C(C)(C)C)C=C2)cc1. The van der Waals surface area contributed by atoms with Crippen LogP contribution in [0.1, 0.15) is 86.0 Å². The van der Waals surface area contributed by atoms with Crippen molar-refractivity contribution in [3.63, 3.8) is 0 Å². The Morgan fingerprint density at radius 2 is 1.60 bits per heavy atom. The van der Waals surface area contributed by atoms with Crippen LogP contribution in [0.25, 0.3) is 0 Å². The zero-order chi connectivity index (χ0) is 36.6. The molecule has 1 atom stereocenters. The van der Waals surface area contributed by atoms with E-state index in [-0.39, 0.29) is 23.6 Å². The van der Waals surface area contributed by atoms with Gasteiger partial charge in [-0.3, -0.25) is 9.35 Å². The van der Waals surface area contributed by atoms with Crippen LogP contribution >= 0.6 is 0 Å². The highest BCUT2D eigenvalue weighted by molar-refractivity contribution is 7.87. The van der Waals surface area contributed by atoms with Crippen molar-refractivity contribution >= 4 is 15.9 Å². The number of carbonyl (C=O) groups is 1. The maximum atomic E-state index is 12.9. The van der Waals surface area contributed by atoms with Crippen LogP contribution in [0.4, 0.5) is 0 Å². The predicted octanol–water partition coefficient (Wildman–Crippen LogP) is 8.33. The van der Waals surface area contributed by atoms with Crippen LogP contribution in [-0.2, 0) is 14.9 Å². The summed E-state index contributed by atoms with van der Waals surface area (Å²) in [5.74, 6) is 0.779. The number of rotatable bonds is 14. The summed E-state index contributed by atoms with van der Waals surface area (Å²) in [4.78, 5) is 12.9. The minimum absolute atomic E-state index is 0.127. The Hall–Kier alpha value is -3.92. The first-order valence-corrected chi connectivity index (χ1v) is 17.5. The van der Waals surface area contributed by atoms with E-state index >= 15 is 0 Å². The topological polar surface area (TPSA) is 136 Å². The zero-order valence-electron chi connectivity index (χ0n) is 30.0. The molecule has 0 aliphatic heterocycles. The Balaban J connectivity index is 2.53. The molecular weight excluding hydrogens is 626 g/mol. The lowest BCUT2D eigenvalue weighted by Crippen LogP contribution is -2.39. The standard InChI is InChI=1S/C39H53NO7S/c1-11-13-14-28(12-2)35(42)29-15-19-32(20-16-29)46-33-21-18-31(25-39(10,26-33)48(43,44)45)37(6,7)30(23-24-40)17-22-34(27-41)47-38(8,9)36(3,4)5/h12-26,41H,11,27,40H2,1-10H3,(H,43,44,45)/b14-13-,24-23+,28-12+,30-17+,34-22+. The third kappa shape index (κ3) is 10.0. The fourth-order valence-corrected chi connectivity index (χ4v) is 5.09. The van der Waals surface area contributed by atoms with Crippen molar-refractivity contribution in [2.45, 2.75) is 86.0 Å². The van der Waals surface area contributed by atoms with Gasteiger partial charge in [-0.2, -0.15) is 8.42 Å². The van der Waals surface area contributed by atoms with Gasteiger partial charge in [0.1, 0.15) is 34.2 Å². The van der Waals surface area contributed by atoms with Crippen LogP contribution in [0.3, 0.4) is 0 Å². The summed E-state index contributed by atoms with van der Waals surface area (Å²) < 4.78 is 46.4. The van der Waals surface area contributed by atoms with E-state index in [1.165, 1.54) is 25.3 Å². The molecule has 0 aromatic heterocycles. The first kappa shape index (κ1) is 40.3. The monoisotopic (exact) mass is 679 g/mol. The molecule has 1 aromatic carbocycles. The molecule has 1 aliphatic carbocycles. The molecule has 0 spiro atoms. The minimum atomic E-state index is -4.66. The lowest BCUT2D eigenvalue weighted by atomic mass is 9.75. The fraction of sp³-hybridized carbons (Fsp3) is 0.410. The molecule has 48 heavy (non-hydrogen) atoms. The molecule has 8 nitrogen and oxygen atoms in total. The third-order valence-corrected chi connectivity index (χ3v) is 10.2. The van der Waals surface area contributed by atoms with Gasteiger partial charge in [-0.05, 0) is 100 Å². The van der Waals surface area contributed by atoms with Gasteiger partial charge in [0.25, 0.3) is 10.1 Å². The van der Waals surface area contributed by atoms with Crippen LogP contribution in [0.2, 0.25) is 0 Å². The Kier molecular flexibility index (Phi) is 13.4. The van der Waals surface area contributed by atoms with Gasteiger partial charge in [0.15, 0.2) is 5.78 Å². The van der Waals surface area contributed by atoms with E-state index in [0.29, 0.717) is 33.8 Å². The number of hydrogen-bond acceptors (Lipinski definition) is 7. The molecule has 0 amide bonds. The molecule has 0 saturated heterocycles. The smallest absolute Gasteiger partial charge is 0.277 e. The molecule has 1 unspecified atom stereocenters.